The van der Waals surface area contributed by atoms with Gasteiger partial charge in [0, 0.05) is 54.7 Å². The second kappa shape index (κ2) is 9.69. The first-order chi connectivity index (χ1) is 19.0. The smallest absolute Gasteiger partial charge is 0.383 e. The minimum atomic E-state index is -3.06. The SMILES string of the molecule is C[C@](O)(CN1CCc2nc(C3=CCC(F)(F)c4nc5ccccc5cc43)ccc2C1)Cn1cc([N+](=O)[O-])nc1Cl. The van der Waals surface area contributed by atoms with E-state index in [1.807, 2.05) is 24.3 Å². The Morgan fingerprint density at radius 3 is 2.75 bits per heavy atom. The van der Waals surface area contributed by atoms with E-state index in [0.717, 1.165) is 16.6 Å². The van der Waals surface area contributed by atoms with E-state index in [0.29, 0.717) is 48.4 Å². The molecule has 0 fully saturated rings. The minimum absolute atomic E-state index is 0.0358. The summed E-state index contributed by atoms with van der Waals surface area (Å²) in [6, 6.07) is 12.8. The van der Waals surface area contributed by atoms with Crippen LogP contribution in [0.1, 0.15) is 41.6 Å². The summed E-state index contributed by atoms with van der Waals surface area (Å²) in [7, 11) is 0. The Morgan fingerprint density at radius 2 is 1.98 bits per heavy atom. The highest BCUT2D eigenvalue weighted by Crippen LogP contribution is 2.43. The first-order valence-corrected chi connectivity index (χ1v) is 13.2. The molecule has 4 heterocycles. The quantitative estimate of drug-likeness (QED) is 0.255. The lowest BCUT2D eigenvalue weighted by molar-refractivity contribution is -0.389. The average molecular weight is 567 g/mol. The van der Waals surface area contributed by atoms with E-state index in [-0.39, 0.29) is 23.3 Å². The number of allylic oxidation sites excluding steroid dienone is 1. The van der Waals surface area contributed by atoms with Crippen molar-refractivity contribution in [3.05, 3.63) is 98.3 Å². The van der Waals surface area contributed by atoms with Crippen molar-refractivity contribution >= 4 is 33.9 Å². The van der Waals surface area contributed by atoms with Crippen LogP contribution in [0.25, 0.3) is 16.5 Å². The number of rotatable bonds is 6. The molecule has 40 heavy (non-hydrogen) atoms. The number of para-hydroxylation sites is 1. The molecule has 0 saturated carbocycles. The largest absolute Gasteiger partial charge is 0.387 e. The van der Waals surface area contributed by atoms with Crippen molar-refractivity contribution in [1.82, 2.24) is 24.4 Å². The molecule has 4 aromatic rings. The van der Waals surface area contributed by atoms with Gasteiger partial charge in [-0.2, -0.15) is 8.78 Å². The zero-order valence-corrected chi connectivity index (χ0v) is 22.3. The first kappa shape index (κ1) is 26.4. The van der Waals surface area contributed by atoms with Crippen LogP contribution in [0.15, 0.2) is 54.7 Å². The van der Waals surface area contributed by atoms with E-state index < -0.39 is 22.9 Å². The van der Waals surface area contributed by atoms with Crippen LogP contribution >= 0.6 is 11.6 Å². The minimum Gasteiger partial charge on any atom is -0.387 e. The van der Waals surface area contributed by atoms with Gasteiger partial charge in [-0.3, -0.25) is 14.5 Å². The lowest BCUT2D eigenvalue weighted by Crippen LogP contribution is -2.45. The molecule has 1 aromatic carbocycles. The summed E-state index contributed by atoms with van der Waals surface area (Å²) in [5.41, 5.74) is 2.62. The van der Waals surface area contributed by atoms with Crippen molar-refractivity contribution in [3.63, 3.8) is 0 Å². The molecule has 12 heteroatoms. The number of pyridine rings is 2. The molecular formula is C28H25ClF2N6O3. The second-order valence-electron chi connectivity index (χ2n) is 10.6. The Hall–Kier alpha value is -3.80. The van der Waals surface area contributed by atoms with Gasteiger partial charge in [-0.1, -0.05) is 30.3 Å². The molecule has 0 saturated heterocycles. The van der Waals surface area contributed by atoms with Crippen LogP contribution in [0.2, 0.25) is 5.28 Å². The highest BCUT2D eigenvalue weighted by molar-refractivity contribution is 6.28. The summed E-state index contributed by atoms with van der Waals surface area (Å²) in [6.45, 7) is 3.14. The van der Waals surface area contributed by atoms with Gasteiger partial charge in [-0.05, 0) is 52.2 Å². The summed E-state index contributed by atoms with van der Waals surface area (Å²) < 4.78 is 31.1. The Kier molecular flexibility index (Phi) is 6.40. The summed E-state index contributed by atoms with van der Waals surface area (Å²) in [6.07, 6.45) is 2.93. The van der Waals surface area contributed by atoms with Crippen molar-refractivity contribution in [3.8, 4) is 0 Å². The molecule has 0 bridgehead atoms. The van der Waals surface area contributed by atoms with E-state index in [9.17, 15) is 24.0 Å². The van der Waals surface area contributed by atoms with Crippen LogP contribution in [0.4, 0.5) is 14.6 Å². The maximum absolute atomic E-state index is 14.9. The molecule has 3 aromatic heterocycles. The zero-order valence-electron chi connectivity index (χ0n) is 21.5. The highest BCUT2D eigenvalue weighted by atomic mass is 35.5. The van der Waals surface area contributed by atoms with Crippen molar-refractivity contribution in [1.29, 1.82) is 0 Å². The van der Waals surface area contributed by atoms with Crippen LogP contribution in [-0.4, -0.2) is 53.1 Å². The fourth-order valence-corrected chi connectivity index (χ4v) is 5.71. The van der Waals surface area contributed by atoms with Crippen molar-refractivity contribution in [2.75, 3.05) is 13.1 Å². The van der Waals surface area contributed by atoms with Crippen LogP contribution in [0, 0.1) is 10.1 Å². The van der Waals surface area contributed by atoms with E-state index >= 15 is 0 Å². The number of nitrogens with zero attached hydrogens (tertiary/aromatic N) is 6. The number of β-amino-alcohol motifs (C(OH)–C–C–N with tert-alkyl or cyclic N) is 1. The van der Waals surface area contributed by atoms with Gasteiger partial charge in [0.25, 0.3) is 5.92 Å². The number of halogens is 3. The standard InChI is InChI=1S/C28H25ClF2N6O3/c1-27(38,16-36-14-24(37(39)40)34-26(36)29)15-35-11-9-22-18(13-35)6-7-23(32-22)19-8-10-28(30,31)25-20(19)12-17-4-2-3-5-21(17)33-25/h2-8,12,14,38H,9-11,13,15-16H2,1H3/t27-/m0/s1. The fraction of sp³-hybridized carbons (Fsp3) is 0.321. The number of alkyl halides is 2. The molecular weight excluding hydrogens is 542 g/mol. The second-order valence-corrected chi connectivity index (χ2v) is 11.0. The van der Waals surface area contributed by atoms with Crippen LogP contribution in [0.5, 0.6) is 0 Å². The number of aromatic nitrogens is 4. The van der Waals surface area contributed by atoms with E-state index in [1.54, 1.807) is 31.2 Å². The third kappa shape index (κ3) is 4.96. The van der Waals surface area contributed by atoms with Gasteiger partial charge in [0.05, 0.1) is 23.4 Å². The molecule has 1 atom stereocenters. The van der Waals surface area contributed by atoms with Gasteiger partial charge in [0.1, 0.15) is 11.9 Å². The Balaban J connectivity index is 1.21. The summed E-state index contributed by atoms with van der Waals surface area (Å²) in [5, 5.41) is 22.8. The Morgan fingerprint density at radius 1 is 1.18 bits per heavy atom. The predicted molar refractivity (Wildman–Crippen MR) is 145 cm³/mol. The monoisotopic (exact) mass is 566 g/mol. The van der Waals surface area contributed by atoms with Gasteiger partial charge >= 0.3 is 11.1 Å². The maximum atomic E-state index is 14.9. The van der Waals surface area contributed by atoms with Crippen LogP contribution in [0.3, 0.4) is 0 Å². The number of benzene rings is 1. The number of imidazole rings is 1. The van der Waals surface area contributed by atoms with Gasteiger partial charge < -0.3 is 15.2 Å². The zero-order chi connectivity index (χ0) is 28.2. The first-order valence-electron chi connectivity index (χ1n) is 12.8. The van der Waals surface area contributed by atoms with Gasteiger partial charge in [-0.25, -0.2) is 4.98 Å². The molecule has 2 aliphatic rings. The summed E-state index contributed by atoms with van der Waals surface area (Å²) in [4.78, 5) is 25.3. The molecule has 6 rings (SSSR count). The van der Waals surface area contributed by atoms with Crippen LogP contribution < -0.4 is 0 Å². The maximum Gasteiger partial charge on any atom is 0.383 e. The van der Waals surface area contributed by atoms with Crippen molar-refractivity contribution in [2.45, 2.75) is 44.4 Å². The molecule has 0 radical (unpaired) electrons. The molecule has 0 amide bonds. The van der Waals surface area contributed by atoms with E-state index in [4.69, 9.17) is 16.6 Å². The van der Waals surface area contributed by atoms with Crippen molar-refractivity contribution < 1.29 is 18.8 Å². The lowest BCUT2D eigenvalue weighted by atomic mass is 9.88. The number of fused-ring (bicyclic) bond motifs is 3. The third-order valence-electron chi connectivity index (χ3n) is 7.30. The van der Waals surface area contributed by atoms with Gasteiger partial charge in [0.2, 0.25) is 0 Å². The molecule has 206 valence electrons. The van der Waals surface area contributed by atoms with Crippen LogP contribution in [-0.2, 0) is 25.4 Å². The fourth-order valence-electron chi connectivity index (χ4n) is 5.52. The van der Waals surface area contributed by atoms with Crippen molar-refractivity contribution in [2.24, 2.45) is 0 Å². The lowest BCUT2D eigenvalue weighted by Gasteiger charge is -2.34. The van der Waals surface area contributed by atoms with Gasteiger partial charge in [-0.15, -0.1) is 0 Å². The average Bonchev–Trinajstić information content (AvgIpc) is 3.27. The Bertz CT molecular complexity index is 1690. The summed E-state index contributed by atoms with van der Waals surface area (Å²) in [5.74, 6) is -3.43. The number of aliphatic hydroxyl groups is 1. The van der Waals surface area contributed by atoms with E-state index in [2.05, 4.69) is 14.9 Å². The number of nitro groups is 1. The normalized spacial score (nSPS) is 18.1. The topological polar surface area (TPSA) is 110 Å². The highest BCUT2D eigenvalue weighted by Gasteiger charge is 2.39. The van der Waals surface area contributed by atoms with E-state index in [1.165, 1.54) is 10.8 Å². The molecule has 1 aliphatic carbocycles. The summed E-state index contributed by atoms with van der Waals surface area (Å²) >= 11 is 6.02. The molecule has 1 aliphatic heterocycles. The number of hydrogen-bond acceptors (Lipinski definition) is 7. The predicted octanol–water partition coefficient (Wildman–Crippen LogP) is 5.12. The van der Waals surface area contributed by atoms with Gasteiger partial charge in [0.15, 0.2) is 0 Å². The molecule has 0 spiro atoms. The Labute approximate surface area is 232 Å². The molecule has 1 N–H and O–H groups in total. The molecule has 9 nitrogen and oxygen atoms in total. The third-order valence-corrected chi connectivity index (χ3v) is 7.61. The number of hydrogen-bond donors (Lipinski definition) is 1. The molecule has 0 unspecified atom stereocenters.